The van der Waals surface area contributed by atoms with Crippen LogP contribution in [0.5, 0.6) is 0 Å². The minimum atomic E-state index is -0.326. The fourth-order valence-corrected chi connectivity index (χ4v) is 1.34. The summed E-state index contributed by atoms with van der Waals surface area (Å²) in [4.78, 5) is 11.6. The van der Waals surface area contributed by atoms with Gasteiger partial charge in [-0.2, -0.15) is 5.10 Å². The van der Waals surface area contributed by atoms with Gasteiger partial charge in [-0.1, -0.05) is 12.1 Å². The maximum absolute atomic E-state index is 12.8. The van der Waals surface area contributed by atoms with Crippen LogP contribution in [0.25, 0.3) is 0 Å². The molecule has 0 amide bonds. The lowest BCUT2D eigenvalue weighted by Crippen LogP contribution is -2.02. The van der Waals surface area contributed by atoms with Crippen LogP contribution in [0.1, 0.15) is 15.9 Å². The van der Waals surface area contributed by atoms with Crippen molar-refractivity contribution in [2.24, 2.45) is 0 Å². The molecule has 1 aromatic carbocycles. The van der Waals surface area contributed by atoms with E-state index < -0.39 is 0 Å². The van der Waals surface area contributed by atoms with Crippen LogP contribution in [-0.4, -0.2) is 16.0 Å². The average Bonchev–Trinajstić information content (AvgIpc) is 2.70. The smallest absolute Gasteiger partial charge is 0.170 e. The van der Waals surface area contributed by atoms with E-state index in [1.165, 1.54) is 24.5 Å². The standard InChI is InChI=1S/C11H9FN2O/c12-10-3-1-2-8(4-10)5-11(15)9-6-13-14-7-9/h1-4,6-7H,5H2,(H,13,14). The monoisotopic (exact) mass is 204 g/mol. The molecule has 1 heterocycles. The molecule has 2 aromatic rings. The topological polar surface area (TPSA) is 45.8 Å². The van der Waals surface area contributed by atoms with E-state index in [-0.39, 0.29) is 18.0 Å². The summed E-state index contributed by atoms with van der Waals surface area (Å²) in [6, 6.07) is 6.03. The number of carbonyl (C=O) groups excluding carboxylic acids is 1. The quantitative estimate of drug-likeness (QED) is 0.777. The van der Waals surface area contributed by atoms with Gasteiger partial charge in [0.25, 0.3) is 0 Å². The Hall–Kier alpha value is -1.97. The van der Waals surface area contributed by atoms with E-state index in [1.54, 1.807) is 12.1 Å². The van der Waals surface area contributed by atoms with Crippen molar-refractivity contribution in [3.8, 4) is 0 Å². The zero-order chi connectivity index (χ0) is 10.7. The van der Waals surface area contributed by atoms with E-state index in [1.807, 2.05) is 0 Å². The minimum Gasteiger partial charge on any atom is -0.294 e. The summed E-state index contributed by atoms with van der Waals surface area (Å²) in [5, 5.41) is 6.25. The highest BCUT2D eigenvalue weighted by Gasteiger charge is 2.08. The van der Waals surface area contributed by atoms with Gasteiger partial charge in [0.1, 0.15) is 5.82 Å². The molecule has 0 atom stereocenters. The zero-order valence-corrected chi connectivity index (χ0v) is 7.90. The van der Waals surface area contributed by atoms with Crippen LogP contribution in [0.2, 0.25) is 0 Å². The summed E-state index contributed by atoms with van der Waals surface area (Å²) >= 11 is 0. The number of nitrogens with zero attached hydrogens (tertiary/aromatic N) is 1. The Balaban J connectivity index is 2.13. The first kappa shape index (κ1) is 9.58. The molecule has 0 spiro atoms. The molecule has 1 N–H and O–H groups in total. The number of aromatic amines is 1. The molecule has 1 aromatic heterocycles. The third kappa shape index (κ3) is 2.28. The highest BCUT2D eigenvalue weighted by Crippen LogP contribution is 2.07. The van der Waals surface area contributed by atoms with Crippen LogP contribution in [0.15, 0.2) is 36.7 Å². The molecule has 0 aliphatic rings. The number of hydrogen-bond acceptors (Lipinski definition) is 2. The Bertz CT molecular complexity index is 465. The molecule has 0 fully saturated rings. The molecule has 3 nitrogen and oxygen atoms in total. The van der Waals surface area contributed by atoms with Crippen molar-refractivity contribution >= 4 is 5.78 Å². The molecule has 0 saturated heterocycles. The molecular formula is C11H9FN2O. The van der Waals surface area contributed by atoms with Crippen LogP contribution in [0.3, 0.4) is 0 Å². The molecule has 76 valence electrons. The van der Waals surface area contributed by atoms with Gasteiger partial charge in [0.15, 0.2) is 5.78 Å². The van der Waals surface area contributed by atoms with Gasteiger partial charge < -0.3 is 0 Å². The minimum absolute atomic E-state index is 0.0747. The summed E-state index contributed by atoms with van der Waals surface area (Å²) in [6.07, 6.45) is 3.18. The van der Waals surface area contributed by atoms with E-state index >= 15 is 0 Å². The number of hydrogen-bond donors (Lipinski definition) is 1. The van der Waals surface area contributed by atoms with Crippen LogP contribution in [0, 0.1) is 5.82 Å². The number of ketones is 1. The van der Waals surface area contributed by atoms with Gasteiger partial charge in [-0.05, 0) is 17.7 Å². The summed E-state index contributed by atoms with van der Waals surface area (Å²) in [5.74, 6) is -0.401. The van der Waals surface area contributed by atoms with Crippen molar-refractivity contribution in [2.45, 2.75) is 6.42 Å². The second-order valence-electron chi connectivity index (χ2n) is 3.22. The molecule has 0 bridgehead atoms. The number of H-pyrrole nitrogens is 1. The van der Waals surface area contributed by atoms with Crippen LogP contribution in [-0.2, 0) is 6.42 Å². The van der Waals surface area contributed by atoms with Gasteiger partial charge in [-0.25, -0.2) is 4.39 Å². The predicted octanol–water partition coefficient (Wildman–Crippen LogP) is 1.97. The number of rotatable bonds is 3. The molecule has 2 rings (SSSR count). The van der Waals surface area contributed by atoms with E-state index in [0.29, 0.717) is 11.1 Å². The lowest BCUT2D eigenvalue weighted by atomic mass is 10.1. The largest absolute Gasteiger partial charge is 0.294 e. The third-order valence-corrected chi connectivity index (χ3v) is 2.07. The van der Waals surface area contributed by atoms with E-state index in [0.717, 1.165) is 0 Å². The van der Waals surface area contributed by atoms with Gasteiger partial charge in [-0.15, -0.1) is 0 Å². The molecule has 0 aliphatic carbocycles. The zero-order valence-electron chi connectivity index (χ0n) is 7.90. The SMILES string of the molecule is O=C(Cc1cccc(F)c1)c1cn[nH]c1. The number of aromatic nitrogens is 2. The van der Waals surface area contributed by atoms with E-state index in [4.69, 9.17) is 0 Å². The Kier molecular flexibility index (Phi) is 2.58. The maximum atomic E-state index is 12.8. The normalized spacial score (nSPS) is 10.2. The number of nitrogens with one attached hydrogen (secondary N) is 1. The number of carbonyl (C=O) groups is 1. The van der Waals surface area contributed by atoms with Gasteiger partial charge in [0.05, 0.1) is 11.8 Å². The van der Waals surface area contributed by atoms with Crippen molar-refractivity contribution in [1.29, 1.82) is 0 Å². The van der Waals surface area contributed by atoms with Gasteiger partial charge in [-0.3, -0.25) is 9.89 Å². The molecular weight excluding hydrogens is 195 g/mol. The molecule has 15 heavy (non-hydrogen) atoms. The van der Waals surface area contributed by atoms with Crippen LogP contribution in [0.4, 0.5) is 4.39 Å². The number of halogens is 1. The molecule has 0 radical (unpaired) electrons. The second kappa shape index (κ2) is 4.04. The Labute approximate surface area is 85.9 Å². The van der Waals surface area contributed by atoms with Crippen molar-refractivity contribution in [1.82, 2.24) is 10.2 Å². The fourth-order valence-electron chi connectivity index (χ4n) is 1.34. The first-order valence-corrected chi connectivity index (χ1v) is 4.52. The lowest BCUT2D eigenvalue weighted by Gasteiger charge is -1.98. The Morgan fingerprint density at radius 2 is 2.33 bits per heavy atom. The first-order valence-electron chi connectivity index (χ1n) is 4.52. The molecule has 0 saturated carbocycles. The molecule has 4 heteroatoms. The number of Topliss-reactive ketones (excluding diaryl/α,β-unsaturated/α-hetero) is 1. The third-order valence-electron chi connectivity index (χ3n) is 2.07. The summed E-state index contributed by atoms with van der Waals surface area (Å²) < 4.78 is 12.8. The molecule has 0 unspecified atom stereocenters. The van der Waals surface area contributed by atoms with Crippen molar-refractivity contribution in [3.63, 3.8) is 0 Å². The van der Waals surface area contributed by atoms with E-state index in [9.17, 15) is 9.18 Å². The fraction of sp³-hybridized carbons (Fsp3) is 0.0909. The van der Waals surface area contributed by atoms with Crippen LogP contribution >= 0.6 is 0 Å². The van der Waals surface area contributed by atoms with Gasteiger partial charge >= 0.3 is 0 Å². The first-order chi connectivity index (χ1) is 7.25. The van der Waals surface area contributed by atoms with Gasteiger partial charge in [0, 0.05) is 12.6 Å². The summed E-state index contributed by atoms with van der Waals surface area (Å²) in [6.45, 7) is 0. The van der Waals surface area contributed by atoms with Crippen LogP contribution < -0.4 is 0 Å². The summed E-state index contributed by atoms with van der Waals surface area (Å²) in [5.41, 5.74) is 1.18. The van der Waals surface area contributed by atoms with Gasteiger partial charge in [0.2, 0.25) is 0 Å². The predicted molar refractivity (Wildman–Crippen MR) is 53.0 cm³/mol. The van der Waals surface area contributed by atoms with E-state index in [2.05, 4.69) is 10.2 Å². The lowest BCUT2D eigenvalue weighted by molar-refractivity contribution is 0.0993. The van der Waals surface area contributed by atoms with Crippen molar-refractivity contribution < 1.29 is 9.18 Å². The van der Waals surface area contributed by atoms with Crippen molar-refractivity contribution in [3.05, 3.63) is 53.6 Å². The maximum Gasteiger partial charge on any atom is 0.170 e. The van der Waals surface area contributed by atoms with Crippen molar-refractivity contribution in [2.75, 3.05) is 0 Å². The Morgan fingerprint density at radius 1 is 1.47 bits per heavy atom. The second-order valence-corrected chi connectivity index (χ2v) is 3.22. The highest BCUT2D eigenvalue weighted by molar-refractivity contribution is 5.96. The average molecular weight is 204 g/mol. The number of benzene rings is 1. The highest BCUT2D eigenvalue weighted by atomic mass is 19.1. The Morgan fingerprint density at radius 3 is 3.00 bits per heavy atom. The summed E-state index contributed by atoms with van der Waals surface area (Å²) in [7, 11) is 0. The molecule has 0 aliphatic heterocycles.